The highest BCUT2D eigenvalue weighted by Gasteiger charge is 2.25. The Bertz CT molecular complexity index is 1180. The van der Waals surface area contributed by atoms with Crippen molar-refractivity contribution in [1.29, 1.82) is 0 Å². The highest BCUT2D eigenvalue weighted by Crippen LogP contribution is 2.32. The zero-order chi connectivity index (χ0) is 23.3. The zero-order valence-electron chi connectivity index (χ0n) is 17.9. The summed E-state index contributed by atoms with van der Waals surface area (Å²) in [6.45, 7) is 4.70. The standard InChI is InChI=1S/C20H25ClN6O3S2/c1-4-27(5-2)32(28,29)18-8-9-31-17(18)12-24-20-23-11-14(21)19(26-20)25-15-7-6-13(22)10-16(15)30-3/h6-11H,4-5,12,22H2,1-3H3,(H2,23,24,25,26). The van der Waals surface area contributed by atoms with Crippen molar-refractivity contribution >= 4 is 56.1 Å². The number of thiophene rings is 1. The highest BCUT2D eigenvalue weighted by atomic mass is 35.5. The average molecular weight is 497 g/mol. The number of nitrogen functional groups attached to an aromatic ring is 1. The number of nitrogens with two attached hydrogens (primary N) is 1. The molecular weight excluding hydrogens is 472 g/mol. The summed E-state index contributed by atoms with van der Waals surface area (Å²) in [4.78, 5) is 9.57. The quantitative estimate of drug-likeness (QED) is 0.357. The summed E-state index contributed by atoms with van der Waals surface area (Å²) < 4.78 is 32.6. The Balaban J connectivity index is 1.80. The van der Waals surface area contributed by atoms with Gasteiger partial charge in [-0.1, -0.05) is 25.4 Å². The van der Waals surface area contributed by atoms with Crippen LogP contribution in [0.25, 0.3) is 0 Å². The van der Waals surface area contributed by atoms with Crippen molar-refractivity contribution < 1.29 is 13.2 Å². The molecule has 0 amide bonds. The van der Waals surface area contributed by atoms with Crippen molar-refractivity contribution in [3.05, 3.63) is 45.7 Å². The Labute approximate surface area is 196 Å². The Morgan fingerprint density at radius 2 is 2.00 bits per heavy atom. The normalized spacial score (nSPS) is 11.5. The van der Waals surface area contributed by atoms with E-state index < -0.39 is 10.0 Å². The van der Waals surface area contributed by atoms with Crippen LogP contribution >= 0.6 is 22.9 Å². The molecule has 0 spiro atoms. The molecule has 0 saturated carbocycles. The molecular formula is C20H25ClN6O3S2. The lowest BCUT2D eigenvalue weighted by atomic mass is 10.2. The number of hydrogen-bond donors (Lipinski definition) is 3. The molecule has 0 fully saturated rings. The number of ether oxygens (including phenoxy) is 1. The van der Waals surface area contributed by atoms with Gasteiger partial charge in [-0.15, -0.1) is 11.3 Å². The van der Waals surface area contributed by atoms with Crippen LogP contribution < -0.4 is 21.1 Å². The molecule has 0 bridgehead atoms. The topological polar surface area (TPSA) is 122 Å². The van der Waals surface area contributed by atoms with Gasteiger partial charge in [0.1, 0.15) is 10.8 Å². The Morgan fingerprint density at radius 3 is 2.69 bits per heavy atom. The fourth-order valence-corrected chi connectivity index (χ4v) is 5.98. The van der Waals surface area contributed by atoms with Gasteiger partial charge in [-0.05, 0) is 23.6 Å². The monoisotopic (exact) mass is 496 g/mol. The van der Waals surface area contributed by atoms with Crippen molar-refractivity contribution in [2.75, 3.05) is 36.6 Å². The molecule has 3 aromatic rings. The summed E-state index contributed by atoms with van der Waals surface area (Å²) in [6.07, 6.45) is 1.46. The van der Waals surface area contributed by atoms with E-state index >= 15 is 0 Å². The molecule has 0 saturated heterocycles. The van der Waals surface area contributed by atoms with Crippen molar-refractivity contribution in [2.24, 2.45) is 0 Å². The van der Waals surface area contributed by atoms with Gasteiger partial charge in [-0.25, -0.2) is 13.4 Å². The van der Waals surface area contributed by atoms with Crippen molar-refractivity contribution in [3.63, 3.8) is 0 Å². The predicted molar refractivity (Wildman–Crippen MR) is 129 cm³/mol. The molecule has 0 unspecified atom stereocenters. The first-order chi connectivity index (χ1) is 15.3. The minimum absolute atomic E-state index is 0.250. The number of aromatic nitrogens is 2. The van der Waals surface area contributed by atoms with Crippen LogP contribution in [-0.4, -0.2) is 42.9 Å². The smallest absolute Gasteiger partial charge is 0.244 e. The van der Waals surface area contributed by atoms with E-state index in [-0.39, 0.29) is 11.4 Å². The molecule has 9 nitrogen and oxygen atoms in total. The third-order valence-electron chi connectivity index (χ3n) is 4.66. The number of sulfonamides is 1. The zero-order valence-corrected chi connectivity index (χ0v) is 20.3. The first-order valence-corrected chi connectivity index (χ1v) is 12.5. The second-order valence-corrected chi connectivity index (χ2v) is 9.94. The summed E-state index contributed by atoms with van der Waals surface area (Å²) >= 11 is 7.62. The summed E-state index contributed by atoms with van der Waals surface area (Å²) in [6, 6.07) is 6.80. The number of anilines is 4. The molecule has 0 aliphatic rings. The Kier molecular flexibility index (Phi) is 7.77. The van der Waals surface area contributed by atoms with Crippen LogP contribution in [0.1, 0.15) is 18.7 Å². The third kappa shape index (κ3) is 5.23. The number of nitrogens with zero attached hydrogens (tertiary/aromatic N) is 3. The maximum absolute atomic E-state index is 12.9. The first-order valence-electron chi connectivity index (χ1n) is 9.83. The molecule has 172 valence electrons. The van der Waals surface area contributed by atoms with Gasteiger partial charge in [-0.2, -0.15) is 9.29 Å². The fraction of sp³-hybridized carbons (Fsp3) is 0.300. The summed E-state index contributed by atoms with van der Waals surface area (Å²) in [5.74, 6) is 1.21. The lowest BCUT2D eigenvalue weighted by molar-refractivity contribution is 0.417. The van der Waals surface area contributed by atoms with Gasteiger partial charge >= 0.3 is 0 Å². The number of halogens is 1. The minimum atomic E-state index is -3.55. The molecule has 4 N–H and O–H groups in total. The van der Waals surface area contributed by atoms with E-state index in [9.17, 15) is 8.42 Å². The Morgan fingerprint density at radius 1 is 1.25 bits per heavy atom. The molecule has 2 aromatic heterocycles. The summed E-state index contributed by atoms with van der Waals surface area (Å²) in [5, 5.41) is 8.27. The van der Waals surface area contributed by atoms with Crippen molar-refractivity contribution in [1.82, 2.24) is 14.3 Å². The van der Waals surface area contributed by atoms with E-state index in [4.69, 9.17) is 22.1 Å². The second-order valence-electron chi connectivity index (χ2n) is 6.63. The largest absolute Gasteiger partial charge is 0.494 e. The second kappa shape index (κ2) is 10.3. The molecule has 0 aliphatic carbocycles. The Hall–Kier alpha value is -2.60. The van der Waals surface area contributed by atoms with E-state index in [2.05, 4.69) is 20.6 Å². The van der Waals surface area contributed by atoms with E-state index in [1.54, 1.807) is 36.8 Å². The third-order valence-corrected chi connectivity index (χ3v) is 8.12. The minimum Gasteiger partial charge on any atom is -0.494 e. The van der Waals surface area contributed by atoms with E-state index in [0.717, 1.165) is 0 Å². The van der Waals surface area contributed by atoms with Gasteiger partial charge in [0.25, 0.3) is 0 Å². The molecule has 2 heterocycles. The van der Waals surface area contributed by atoms with Gasteiger partial charge < -0.3 is 21.1 Å². The lowest BCUT2D eigenvalue weighted by Crippen LogP contribution is -2.31. The molecule has 3 rings (SSSR count). The SMILES string of the molecule is CCN(CC)S(=O)(=O)c1ccsc1CNc1ncc(Cl)c(Nc2ccc(N)cc2OC)n1. The maximum Gasteiger partial charge on any atom is 0.244 e. The van der Waals surface area contributed by atoms with Gasteiger partial charge in [0.05, 0.1) is 30.4 Å². The van der Waals surface area contributed by atoms with Crippen LogP contribution in [0.4, 0.5) is 23.1 Å². The van der Waals surface area contributed by atoms with Crippen molar-refractivity contribution in [2.45, 2.75) is 25.3 Å². The van der Waals surface area contributed by atoms with Crippen LogP contribution in [0.15, 0.2) is 40.7 Å². The van der Waals surface area contributed by atoms with Crippen molar-refractivity contribution in [3.8, 4) is 5.75 Å². The predicted octanol–water partition coefficient (Wildman–Crippen LogP) is 4.17. The number of rotatable bonds is 10. The maximum atomic E-state index is 12.9. The van der Waals surface area contributed by atoms with Crippen LogP contribution in [0.5, 0.6) is 5.75 Å². The number of methoxy groups -OCH3 is 1. The van der Waals surface area contributed by atoms with Crippen LogP contribution in [0.2, 0.25) is 5.02 Å². The van der Waals surface area contributed by atoms with Gasteiger partial charge in [0.15, 0.2) is 5.82 Å². The first kappa shape index (κ1) is 24.1. The molecule has 12 heteroatoms. The number of nitrogens with one attached hydrogen (secondary N) is 2. The molecule has 1 aromatic carbocycles. The van der Waals surface area contributed by atoms with Gasteiger partial charge in [0, 0.05) is 29.7 Å². The lowest BCUT2D eigenvalue weighted by Gasteiger charge is -2.18. The van der Waals surface area contributed by atoms with E-state index in [1.165, 1.54) is 21.8 Å². The number of benzene rings is 1. The molecule has 0 atom stereocenters. The fourth-order valence-electron chi connectivity index (χ4n) is 3.03. The van der Waals surface area contributed by atoms with E-state index in [0.29, 0.717) is 51.9 Å². The van der Waals surface area contributed by atoms with Gasteiger partial charge in [0.2, 0.25) is 16.0 Å². The molecule has 0 aliphatic heterocycles. The average Bonchev–Trinajstić information content (AvgIpc) is 3.25. The number of hydrogen-bond acceptors (Lipinski definition) is 9. The van der Waals surface area contributed by atoms with Crippen LogP contribution in [0.3, 0.4) is 0 Å². The summed E-state index contributed by atoms with van der Waals surface area (Å²) in [7, 11) is -2.01. The van der Waals surface area contributed by atoms with E-state index in [1.807, 2.05) is 13.8 Å². The molecule has 32 heavy (non-hydrogen) atoms. The molecule has 0 radical (unpaired) electrons. The summed E-state index contributed by atoms with van der Waals surface area (Å²) in [5.41, 5.74) is 7.00. The van der Waals surface area contributed by atoms with Crippen LogP contribution in [-0.2, 0) is 16.6 Å². The van der Waals surface area contributed by atoms with Crippen LogP contribution in [0, 0.1) is 0 Å². The highest BCUT2D eigenvalue weighted by molar-refractivity contribution is 7.89. The van der Waals surface area contributed by atoms with Gasteiger partial charge in [-0.3, -0.25) is 0 Å².